The summed E-state index contributed by atoms with van der Waals surface area (Å²) in [6.45, 7) is 6.15. The van der Waals surface area contributed by atoms with Crippen molar-refractivity contribution in [3.05, 3.63) is 48.7 Å². The number of aliphatic hydroxyl groups is 1. The fraction of sp³-hybridized carbons (Fsp3) is 0.450. The van der Waals surface area contributed by atoms with E-state index >= 15 is 0 Å². The van der Waals surface area contributed by atoms with Crippen molar-refractivity contribution >= 4 is 10.9 Å². The monoisotopic (exact) mass is 324 g/mol. The highest BCUT2D eigenvalue weighted by atomic mass is 16.5. The number of allylic oxidation sites excluding steroid dienone is 1. The molecule has 3 aliphatic rings. The van der Waals surface area contributed by atoms with E-state index in [9.17, 15) is 5.11 Å². The van der Waals surface area contributed by atoms with Crippen LogP contribution in [0.1, 0.15) is 30.9 Å². The van der Waals surface area contributed by atoms with Gasteiger partial charge in [-0.15, -0.1) is 6.58 Å². The Hall–Kier alpha value is -1.91. The van der Waals surface area contributed by atoms with Crippen LogP contribution in [0.5, 0.6) is 5.75 Å². The van der Waals surface area contributed by atoms with Crippen LogP contribution < -0.4 is 4.74 Å². The van der Waals surface area contributed by atoms with Gasteiger partial charge in [0.1, 0.15) is 5.75 Å². The highest BCUT2D eigenvalue weighted by molar-refractivity contribution is 5.83. The molecular weight excluding hydrogens is 300 g/mol. The zero-order valence-electron chi connectivity index (χ0n) is 14.1. The van der Waals surface area contributed by atoms with Crippen molar-refractivity contribution < 1.29 is 9.84 Å². The van der Waals surface area contributed by atoms with Gasteiger partial charge in [-0.2, -0.15) is 0 Å². The molecule has 3 fully saturated rings. The van der Waals surface area contributed by atoms with Crippen molar-refractivity contribution in [3.8, 4) is 5.75 Å². The van der Waals surface area contributed by atoms with Gasteiger partial charge in [0.2, 0.25) is 0 Å². The van der Waals surface area contributed by atoms with Crippen molar-refractivity contribution in [2.75, 3.05) is 20.2 Å². The van der Waals surface area contributed by atoms with Gasteiger partial charge in [-0.25, -0.2) is 0 Å². The lowest BCUT2D eigenvalue weighted by atomic mass is 9.67. The minimum atomic E-state index is -0.525. The molecule has 1 aromatic heterocycles. The summed E-state index contributed by atoms with van der Waals surface area (Å²) >= 11 is 0. The molecule has 5 rings (SSSR count). The lowest BCUT2D eigenvalue weighted by molar-refractivity contribution is -0.0522. The molecule has 3 saturated heterocycles. The Morgan fingerprint density at radius 2 is 2.17 bits per heavy atom. The third-order valence-corrected chi connectivity index (χ3v) is 5.98. The Kier molecular flexibility index (Phi) is 3.82. The SMILES string of the molecule is C=CC12CCN(CC1)[C@@H]([C@H](O)c1ccnc3ccc(OC)cc13)C2. The maximum absolute atomic E-state index is 11.2. The van der Waals surface area contributed by atoms with E-state index in [1.165, 1.54) is 0 Å². The summed E-state index contributed by atoms with van der Waals surface area (Å²) in [5.74, 6) is 0.789. The molecule has 1 N–H and O–H groups in total. The summed E-state index contributed by atoms with van der Waals surface area (Å²) in [4.78, 5) is 6.86. The Balaban J connectivity index is 1.73. The lowest BCUT2D eigenvalue weighted by Crippen LogP contribution is -2.55. The third kappa shape index (κ3) is 2.41. The van der Waals surface area contributed by atoms with Gasteiger partial charge in [0, 0.05) is 17.6 Å². The zero-order chi connectivity index (χ0) is 16.7. The molecular formula is C20H24N2O2. The first kappa shape index (κ1) is 15.6. The predicted molar refractivity (Wildman–Crippen MR) is 95.1 cm³/mol. The molecule has 4 heteroatoms. The van der Waals surface area contributed by atoms with Crippen LogP contribution in [0.3, 0.4) is 0 Å². The van der Waals surface area contributed by atoms with E-state index in [0.717, 1.165) is 54.6 Å². The predicted octanol–water partition coefficient (Wildman–Crippen LogP) is 3.32. The van der Waals surface area contributed by atoms with Gasteiger partial charge in [0.15, 0.2) is 0 Å². The Labute approximate surface area is 142 Å². The number of ether oxygens (including phenoxy) is 1. The molecule has 2 aromatic rings. The first-order valence-corrected chi connectivity index (χ1v) is 8.64. The van der Waals surface area contributed by atoms with Crippen LogP contribution in [0.4, 0.5) is 0 Å². The minimum absolute atomic E-state index is 0.141. The fourth-order valence-corrected chi connectivity index (χ4v) is 4.39. The van der Waals surface area contributed by atoms with Crippen LogP contribution in [0.15, 0.2) is 43.1 Å². The highest BCUT2D eigenvalue weighted by Gasteiger charge is 2.45. The molecule has 0 saturated carbocycles. The number of fused-ring (bicyclic) bond motifs is 4. The lowest BCUT2D eigenvalue weighted by Gasteiger charge is -2.53. The van der Waals surface area contributed by atoms with Crippen LogP contribution in [0.25, 0.3) is 10.9 Å². The molecule has 4 heterocycles. The smallest absolute Gasteiger partial charge is 0.119 e. The number of hydrogen-bond donors (Lipinski definition) is 1. The van der Waals surface area contributed by atoms with Gasteiger partial charge in [0.05, 0.1) is 18.7 Å². The maximum Gasteiger partial charge on any atom is 0.119 e. The second-order valence-corrected chi connectivity index (χ2v) is 7.10. The van der Waals surface area contributed by atoms with Crippen molar-refractivity contribution in [1.82, 2.24) is 9.88 Å². The largest absolute Gasteiger partial charge is 0.497 e. The average Bonchev–Trinajstić information content (AvgIpc) is 2.67. The van der Waals surface area contributed by atoms with Crippen LogP contribution in [0.2, 0.25) is 0 Å². The molecule has 0 unspecified atom stereocenters. The summed E-state index contributed by atoms with van der Waals surface area (Å²) in [5.41, 5.74) is 2.03. The van der Waals surface area contributed by atoms with Crippen molar-refractivity contribution in [2.24, 2.45) is 5.41 Å². The van der Waals surface area contributed by atoms with Gasteiger partial charge in [-0.1, -0.05) is 6.08 Å². The number of piperidine rings is 3. The second kappa shape index (κ2) is 5.87. The highest BCUT2D eigenvalue weighted by Crippen LogP contribution is 2.47. The minimum Gasteiger partial charge on any atom is -0.497 e. The van der Waals surface area contributed by atoms with E-state index < -0.39 is 6.10 Å². The number of pyridine rings is 1. The van der Waals surface area contributed by atoms with Crippen molar-refractivity contribution in [2.45, 2.75) is 31.4 Å². The van der Waals surface area contributed by atoms with E-state index in [2.05, 4.69) is 22.5 Å². The fourth-order valence-electron chi connectivity index (χ4n) is 4.39. The van der Waals surface area contributed by atoms with Crippen LogP contribution in [-0.2, 0) is 0 Å². The van der Waals surface area contributed by atoms with Gasteiger partial charge < -0.3 is 9.84 Å². The van der Waals surface area contributed by atoms with E-state index in [-0.39, 0.29) is 11.5 Å². The number of benzene rings is 1. The number of nitrogens with zero attached hydrogens (tertiary/aromatic N) is 2. The van der Waals surface area contributed by atoms with E-state index in [4.69, 9.17) is 4.74 Å². The van der Waals surface area contributed by atoms with Crippen LogP contribution >= 0.6 is 0 Å². The standard InChI is InChI=1S/C20H24N2O2/c1-3-20-7-10-22(11-8-20)18(13-20)19(23)15-6-9-21-17-5-4-14(24-2)12-16(15)17/h3-6,9,12,18-19,23H,1,7-8,10-11,13H2,2H3/t18-,19-/m1/s1. The third-order valence-electron chi connectivity index (χ3n) is 5.98. The van der Waals surface area contributed by atoms with E-state index in [0.29, 0.717) is 0 Å². The molecule has 2 atom stereocenters. The molecule has 3 aliphatic heterocycles. The van der Waals surface area contributed by atoms with Crippen LogP contribution in [0, 0.1) is 5.41 Å². The normalized spacial score (nSPS) is 30.2. The summed E-state index contributed by atoms with van der Waals surface area (Å²) in [5, 5.41) is 12.2. The average molecular weight is 324 g/mol. The summed E-state index contributed by atoms with van der Waals surface area (Å²) in [6, 6.07) is 7.91. The van der Waals surface area contributed by atoms with E-state index in [1.807, 2.05) is 24.3 Å². The number of rotatable bonds is 4. The molecule has 1 aromatic carbocycles. The molecule has 0 amide bonds. The number of hydrogen-bond acceptors (Lipinski definition) is 4. The molecule has 0 spiro atoms. The molecule has 2 bridgehead atoms. The Bertz CT molecular complexity index is 765. The van der Waals surface area contributed by atoms with Gasteiger partial charge in [-0.05, 0) is 67.6 Å². The Morgan fingerprint density at radius 1 is 1.38 bits per heavy atom. The summed E-state index contributed by atoms with van der Waals surface area (Å²) in [7, 11) is 1.66. The van der Waals surface area contributed by atoms with Gasteiger partial charge in [-0.3, -0.25) is 9.88 Å². The zero-order valence-corrected chi connectivity index (χ0v) is 14.1. The van der Waals surface area contributed by atoms with Crippen molar-refractivity contribution in [1.29, 1.82) is 0 Å². The summed E-state index contributed by atoms with van der Waals surface area (Å²) in [6.07, 6.45) is 6.67. The van der Waals surface area contributed by atoms with Crippen LogP contribution in [-0.4, -0.2) is 41.2 Å². The first-order valence-electron chi connectivity index (χ1n) is 8.64. The molecule has 0 aliphatic carbocycles. The quantitative estimate of drug-likeness (QED) is 0.877. The maximum atomic E-state index is 11.2. The molecule has 0 radical (unpaired) electrons. The van der Waals surface area contributed by atoms with E-state index in [1.54, 1.807) is 13.3 Å². The first-order chi connectivity index (χ1) is 11.7. The number of aliphatic hydroxyl groups excluding tert-OH is 1. The molecule has 126 valence electrons. The second-order valence-electron chi connectivity index (χ2n) is 7.10. The number of methoxy groups -OCH3 is 1. The Morgan fingerprint density at radius 3 is 2.88 bits per heavy atom. The van der Waals surface area contributed by atoms with Gasteiger partial charge >= 0.3 is 0 Å². The summed E-state index contributed by atoms with van der Waals surface area (Å²) < 4.78 is 5.35. The molecule has 4 nitrogen and oxygen atoms in total. The topological polar surface area (TPSA) is 45.6 Å². The molecule has 24 heavy (non-hydrogen) atoms. The number of aromatic nitrogens is 1. The van der Waals surface area contributed by atoms with Gasteiger partial charge in [0.25, 0.3) is 0 Å². The van der Waals surface area contributed by atoms with Crippen molar-refractivity contribution in [3.63, 3.8) is 0 Å².